The molecule has 5 heterocycles. The maximum Gasteiger partial charge on any atom is 0.187 e. The highest BCUT2D eigenvalue weighted by Gasteiger charge is 2.68. The molecule has 9 rings (SSSR count). The van der Waals surface area contributed by atoms with Gasteiger partial charge in [0.25, 0.3) is 0 Å². The lowest BCUT2D eigenvalue weighted by Crippen LogP contribution is -2.67. The summed E-state index contributed by atoms with van der Waals surface area (Å²) in [5.41, 5.74) is 1.11. The van der Waals surface area contributed by atoms with Crippen LogP contribution in [0.1, 0.15) is 92.4 Å². The number of hydrogen-bond acceptors (Lipinski definition) is 23. The largest absolute Gasteiger partial charge is 0.394 e. The summed E-state index contributed by atoms with van der Waals surface area (Å²) in [6.45, 7) is 8.74. The van der Waals surface area contributed by atoms with Crippen LogP contribution in [0.3, 0.4) is 0 Å². The summed E-state index contributed by atoms with van der Waals surface area (Å²) in [5, 5.41) is 137. The van der Waals surface area contributed by atoms with Gasteiger partial charge in [-0.15, -0.1) is 0 Å². The summed E-state index contributed by atoms with van der Waals surface area (Å²) >= 11 is 0. The van der Waals surface area contributed by atoms with Crippen LogP contribution < -0.4 is 0 Å². The molecule has 0 aromatic carbocycles. The van der Waals surface area contributed by atoms with Crippen LogP contribution in [-0.4, -0.2) is 241 Å². The fourth-order valence-corrected chi connectivity index (χ4v) is 15.3. The zero-order chi connectivity index (χ0) is 54.2. The van der Waals surface area contributed by atoms with Crippen LogP contribution in [0.15, 0.2) is 11.6 Å². The lowest BCUT2D eigenvalue weighted by molar-refractivity contribution is -0.394. The fourth-order valence-electron chi connectivity index (χ4n) is 15.3. The molecule has 8 fully saturated rings. The van der Waals surface area contributed by atoms with Gasteiger partial charge in [0, 0.05) is 19.4 Å². The minimum absolute atomic E-state index is 0.00228. The van der Waals surface area contributed by atoms with Crippen molar-refractivity contribution in [3.8, 4) is 0 Å². The predicted molar refractivity (Wildman–Crippen MR) is 255 cm³/mol. The minimum Gasteiger partial charge on any atom is -0.394 e. The Hall–Kier alpha value is -1.18. The molecule has 13 N–H and O–H groups in total. The molecule has 23 nitrogen and oxygen atoms in total. The normalized spacial score (nSPS) is 54.3. The van der Waals surface area contributed by atoms with Gasteiger partial charge in [0.05, 0.1) is 44.7 Å². The average Bonchev–Trinajstić information content (AvgIpc) is 3.92. The molecular weight excluding hydrogens is 993 g/mol. The summed E-state index contributed by atoms with van der Waals surface area (Å²) in [5.74, 6) is 0.765. The van der Waals surface area contributed by atoms with E-state index in [1.165, 1.54) is 12.5 Å². The van der Waals surface area contributed by atoms with Crippen molar-refractivity contribution in [2.45, 2.75) is 233 Å². The summed E-state index contributed by atoms with van der Waals surface area (Å²) in [4.78, 5) is 0. The van der Waals surface area contributed by atoms with Gasteiger partial charge in [-0.25, -0.2) is 0 Å². The zero-order valence-electron chi connectivity index (χ0n) is 43.8. The van der Waals surface area contributed by atoms with Crippen molar-refractivity contribution < 1.29 is 114 Å². The van der Waals surface area contributed by atoms with Crippen molar-refractivity contribution in [3.63, 3.8) is 0 Å². The van der Waals surface area contributed by atoms with Crippen LogP contribution in [0.4, 0.5) is 0 Å². The predicted octanol–water partition coefficient (Wildman–Crippen LogP) is -2.35. The number of ether oxygens (including phenoxy) is 10. The van der Waals surface area contributed by atoms with E-state index in [0.29, 0.717) is 43.4 Å². The second-order valence-corrected chi connectivity index (χ2v) is 24.0. The molecule has 0 unspecified atom stereocenters. The highest BCUT2D eigenvalue weighted by molar-refractivity contribution is 5.26. The smallest absolute Gasteiger partial charge is 0.187 e. The third-order valence-corrected chi connectivity index (χ3v) is 19.8. The van der Waals surface area contributed by atoms with Crippen molar-refractivity contribution in [2.75, 3.05) is 33.5 Å². The van der Waals surface area contributed by atoms with Gasteiger partial charge >= 0.3 is 0 Å². The summed E-state index contributed by atoms with van der Waals surface area (Å²) in [6.07, 6.45) is -21.5. The Kier molecular flexibility index (Phi) is 17.9. The number of methoxy groups -OCH3 is 1. The van der Waals surface area contributed by atoms with Crippen LogP contribution in [-0.2, 0) is 47.4 Å². The molecule has 0 spiro atoms. The maximum atomic E-state index is 11.6. The number of aliphatic hydroxyl groups excluding tert-OH is 13. The van der Waals surface area contributed by atoms with E-state index in [9.17, 15) is 66.4 Å². The first-order valence-corrected chi connectivity index (χ1v) is 27.3. The summed E-state index contributed by atoms with van der Waals surface area (Å²) < 4.78 is 61.6. The van der Waals surface area contributed by atoms with E-state index in [-0.39, 0.29) is 41.3 Å². The molecule has 23 heteroatoms. The molecular formula is C52H86O23. The molecule has 4 aliphatic carbocycles. The van der Waals surface area contributed by atoms with E-state index in [1.54, 1.807) is 7.11 Å². The van der Waals surface area contributed by atoms with Gasteiger partial charge in [-0.3, -0.25) is 0 Å². The van der Waals surface area contributed by atoms with E-state index in [2.05, 4.69) is 26.8 Å². The monoisotopic (exact) mass is 1080 g/mol. The Labute approximate surface area is 437 Å². The Morgan fingerprint density at radius 3 is 1.85 bits per heavy atom. The first-order valence-electron chi connectivity index (χ1n) is 27.3. The first kappa shape index (κ1) is 58.5. The number of allylic oxidation sites excluding steroid dienone is 1. The van der Waals surface area contributed by atoms with Gasteiger partial charge in [0.2, 0.25) is 0 Å². The van der Waals surface area contributed by atoms with Gasteiger partial charge < -0.3 is 114 Å². The topological polar surface area (TPSA) is 355 Å². The highest BCUT2D eigenvalue weighted by atomic mass is 16.8. The average molecular weight is 1080 g/mol. The molecule has 432 valence electrons. The summed E-state index contributed by atoms with van der Waals surface area (Å²) in [6, 6.07) is 0. The quantitative estimate of drug-likeness (QED) is 0.0720. The van der Waals surface area contributed by atoms with Gasteiger partial charge in [-0.1, -0.05) is 39.3 Å². The Morgan fingerprint density at radius 2 is 1.21 bits per heavy atom. The van der Waals surface area contributed by atoms with E-state index < -0.39 is 155 Å². The van der Waals surface area contributed by atoms with Gasteiger partial charge in [0.15, 0.2) is 30.9 Å². The van der Waals surface area contributed by atoms with Crippen LogP contribution in [0.5, 0.6) is 0 Å². The first-order chi connectivity index (χ1) is 35.6. The van der Waals surface area contributed by atoms with Crippen molar-refractivity contribution in [3.05, 3.63) is 11.6 Å². The van der Waals surface area contributed by atoms with Crippen molar-refractivity contribution in [2.24, 2.45) is 46.3 Å². The second kappa shape index (κ2) is 23.0. The molecule has 0 aromatic heterocycles. The van der Waals surface area contributed by atoms with E-state index in [0.717, 1.165) is 32.1 Å². The molecule has 5 saturated heterocycles. The minimum atomic E-state index is -1.88. The summed E-state index contributed by atoms with van der Waals surface area (Å²) in [7, 11) is 1.71. The fraction of sp³-hybridized carbons (Fsp3) is 0.962. The standard InChI is InChI=1S/C52H86O23/c1-21(20-67-46-41(63)39(61)35(57)30(17-53)70-46)9-14-52(66-6)22(2)33-29(75-52)16-28-26-8-7-24-15-25(10-12-50(24,4)27(26)11-13-51(28,33)5)69-49-45(74-47-42(64)38(60)34(56)23(3)68-47)44(37(59)32(19-55)72-49)73-48-43(65)40(62)36(58)31(18-54)71-48/h7,21-23,25-49,53-65H,8-20H2,1-6H3/t21-,22-,23-,25-,26+,27-,28-,29-,30+,31+,32+,33-,34-,35+,36+,37+,38+,39-,40-,41+,42+,43+,44-,45+,46+,47-,48-,49+,50-,51-,52+/m0/s1. The molecule has 9 aliphatic rings. The van der Waals surface area contributed by atoms with Crippen LogP contribution in [0.2, 0.25) is 0 Å². The molecule has 0 aromatic rings. The molecule has 0 radical (unpaired) electrons. The molecule has 31 atom stereocenters. The van der Waals surface area contributed by atoms with E-state index in [1.807, 2.05) is 6.92 Å². The number of aliphatic hydroxyl groups is 13. The van der Waals surface area contributed by atoms with Crippen LogP contribution in [0.25, 0.3) is 0 Å². The Morgan fingerprint density at radius 1 is 0.640 bits per heavy atom. The molecule has 75 heavy (non-hydrogen) atoms. The molecule has 0 bridgehead atoms. The third kappa shape index (κ3) is 10.5. The second-order valence-electron chi connectivity index (χ2n) is 24.0. The highest BCUT2D eigenvalue weighted by Crippen LogP contribution is 2.70. The maximum absolute atomic E-state index is 11.6. The number of fused-ring (bicyclic) bond motifs is 7. The van der Waals surface area contributed by atoms with Crippen LogP contribution in [0, 0.1) is 46.3 Å². The van der Waals surface area contributed by atoms with E-state index >= 15 is 0 Å². The van der Waals surface area contributed by atoms with Crippen LogP contribution >= 0.6 is 0 Å². The Balaban J connectivity index is 0.871. The number of rotatable bonds is 16. The third-order valence-electron chi connectivity index (χ3n) is 19.8. The van der Waals surface area contributed by atoms with Crippen molar-refractivity contribution in [1.29, 1.82) is 0 Å². The molecule has 3 saturated carbocycles. The number of hydrogen-bond donors (Lipinski definition) is 13. The molecule has 0 amide bonds. The van der Waals surface area contributed by atoms with Gasteiger partial charge in [-0.05, 0) is 98.7 Å². The van der Waals surface area contributed by atoms with Crippen molar-refractivity contribution in [1.82, 2.24) is 0 Å². The zero-order valence-corrected chi connectivity index (χ0v) is 43.8. The lowest BCUT2D eigenvalue weighted by Gasteiger charge is -2.58. The lowest BCUT2D eigenvalue weighted by atomic mass is 9.47. The van der Waals surface area contributed by atoms with E-state index in [4.69, 9.17) is 47.4 Å². The van der Waals surface area contributed by atoms with Gasteiger partial charge in [0.1, 0.15) is 91.6 Å². The Bertz CT molecular complexity index is 1930. The molecule has 5 aliphatic heterocycles. The van der Waals surface area contributed by atoms with Gasteiger partial charge in [-0.2, -0.15) is 0 Å². The van der Waals surface area contributed by atoms with Crippen molar-refractivity contribution >= 4 is 0 Å². The SMILES string of the molecule is CO[C@]1(CC[C@H](C)CO[C@@H]2O[C@H](CO)[C@@H](O)[C@H](O)[C@H]2O)O[C@H]2C[C@H]3[C@@H]4CC=C5C[C@@H](O[C@@H]6O[C@H](CO)[C@@H](O)[C@H](O[C@@H]7O[C@H](CO)[C@@H](O)[C@H](O)[C@H]7O)[C@H]6O[C@@H]6O[C@@H](C)[C@H](O)[C@@H](O)[C@H]6O)CC[C@]5(C)[C@H]4CC[C@]3(C)[C@H]2[C@@H]1C.